The first-order valence-electron chi connectivity index (χ1n) is 20.0. The molecule has 6 rings (SSSR count). The van der Waals surface area contributed by atoms with Crippen LogP contribution in [-0.4, -0.2) is 46.6 Å². The van der Waals surface area contributed by atoms with Gasteiger partial charge in [0.2, 0.25) is 23.4 Å². The molecule has 2 N–H and O–H groups in total. The van der Waals surface area contributed by atoms with Crippen LogP contribution in [-0.2, 0) is 52.4 Å². The van der Waals surface area contributed by atoms with Crippen LogP contribution in [0.5, 0.6) is 0 Å². The topological polar surface area (TPSA) is 137 Å². The van der Waals surface area contributed by atoms with E-state index in [4.69, 9.17) is 18.1 Å². The highest BCUT2D eigenvalue weighted by atomic mass is 31.1. The Kier molecular flexibility index (Phi) is 17.2. The third kappa shape index (κ3) is 14.1. The molecule has 14 heteroatoms. The molecular weight excluding hydrogens is 761 g/mol. The summed E-state index contributed by atoms with van der Waals surface area (Å²) in [6.07, 6.45) is 8.28. The summed E-state index contributed by atoms with van der Waals surface area (Å²) in [5, 5.41) is 14.4. The standard InChI is InChI=1S/C44H50F2N6O5P/c45-39-29-35(21-23-37(39)43-49-41(56-51-43)19-9-7-17-33-13-3-1-4-14-33)31-47-25-11-27-54-58(53)55-28-12-26-48-32-36-22-24-38(40(46)30-36)44-50-42(57-52-44)20-10-8-18-34-15-5-2-6-16-34/h1-6,13-16,21-24,29-30,47-48H,7-12,17-20,25-28,31-32H2/q+1. The van der Waals surface area contributed by atoms with E-state index in [0.29, 0.717) is 74.8 Å². The highest BCUT2D eigenvalue weighted by Gasteiger charge is 2.19. The SMILES string of the molecule is O=[P+](OCCCNCc1ccc(-c2noc(CCCCc3ccccc3)n2)c(F)c1)OCCCNCc1ccc(-c2noc(CCCCc3ccccc3)n2)c(F)c1. The third-order valence-corrected chi connectivity index (χ3v) is 10.2. The van der Waals surface area contributed by atoms with Gasteiger partial charge in [-0.1, -0.05) is 83.1 Å². The molecule has 0 spiro atoms. The number of halogens is 2. The van der Waals surface area contributed by atoms with Crippen LogP contribution >= 0.6 is 8.25 Å². The normalized spacial score (nSPS) is 11.3. The molecule has 0 saturated carbocycles. The zero-order chi connectivity index (χ0) is 40.2. The summed E-state index contributed by atoms with van der Waals surface area (Å²) < 4.78 is 63.3. The Labute approximate surface area is 338 Å². The molecular formula is C44H50F2N6O5P+. The third-order valence-electron chi connectivity index (χ3n) is 9.43. The number of hydrogen-bond acceptors (Lipinski definition) is 11. The monoisotopic (exact) mass is 811 g/mol. The first-order valence-corrected chi connectivity index (χ1v) is 21.0. The molecule has 2 aromatic heterocycles. The van der Waals surface area contributed by atoms with Crippen LogP contribution in [0.2, 0.25) is 0 Å². The lowest BCUT2D eigenvalue weighted by Gasteiger charge is -2.06. The Morgan fingerprint density at radius 2 is 0.966 bits per heavy atom. The van der Waals surface area contributed by atoms with Gasteiger partial charge >= 0.3 is 8.25 Å². The molecule has 0 saturated heterocycles. The van der Waals surface area contributed by atoms with Crippen molar-refractivity contribution in [3.05, 3.63) is 143 Å². The summed E-state index contributed by atoms with van der Waals surface area (Å²) in [6.45, 7) is 2.59. The molecule has 0 aliphatic heterocycles. The number of nitrogens with one attached hydrogen (secondary N) is 2. The summed E-state index contributed by atoms with van der Waals surface area (Å²) in [6, 6.07) is 30.5. The van der Waals surface area contributed by atoms with E-state index in [1.54, 1.807) is 12.1 Å². The highest BCUT2D eigenvalue weighted by Crippen LogP contribution is 2.25. The predicted molar refractivity (Wildman–Crippen MR) is 218 cm³/mol. The second-order valence-corrected chi connectivity index (χ2v) is 15.0. The maximum Gasteiger partial charge on any atom is 0.697 e. The second-order valence-electron chi connectivity index (χ2n) is 14.0. The van der Waals surface area contributed by atoms with Crippen molar-refractivity contribution in [3.63, 3.8) is 0 Å². The number of hydrogen-bond donors (Lipinski definition) is 2. The molecule has 0 unspecified atom stereocenters. The summed E-state index contributed by atoms with van der Waals surface area (Å²) in [7, 11) is -2.24. The van der Waals surface area contributed by atoms with E-state index in [9.17, 15) is 13.3 Å². The van der Waals surface area contributed by atoms with Crippen molar-refractivity contribution in [2.24, 2.45) is 0 Å². The van der Waals surface area contributed by atoms with Gasteiger partial charge in [0.15, 0.2) is 0 Å². The van der Waals surface area contributed by atoms with Crippen LogP contribution in [0.1, 0.15) is 72.6 Å². The van der Waals surface area contributed by atoms with Crippen molar-refractivity contribution in [1.29, 1.82) is 0 Å². The van der Waals surface area contributed by atoms with E-state index < -0.39 is 19.9 Å². The zero-order valence-corrected chi connectivity index (χ0v) is 33.5. The van der Waals surface area contributed by atoms with Gasteiger partial charge in [0.25, 0.3) is 0 Å². The van der Waals surface area contributed by atoms with Gasteiger partial charge in [0.1, 0.15) is 24.8 Å². The van der Waals surface area contributed by atoms with E-state index in [1.165, 1.54) is 23.3 Å². The van der Waals surface area contributed by atoms with Crippen LogP contribution < -0.4 is 10.6 Å². The average molecular weight is 812 g/mol. The molecule has 0 aliphatic rings. The second kappa shape index (κ2) is 23.4. The quantitative estimate of drug-likeness (QED) is 0.0400. The molecule has 0 amide bonds. The Balaban J connectivity index is 0.774. The lowest BCUT2D eigenvalue weighted by molar-refractivity contribution is 0.220. The van der Waals surface area contributed by atoms with Crippen molar-refractivity contribution in [1.82, 2.24) is 30.9 Å². The van der Waals surface area contributed by atoms with E-state index >= 15 is 0 Å². The summed E-state index contributed by atoms with van der Waals surface area (Å²) >= 11 is 0. The molecule has 58 heavy (non-hydrogen) atoms. The van der Waals surface area contributed by atoms with Gasteiger partial charge in [-0.2, -0.15) is 9.97 Å². The highest BCUT2D eigenvalue weighted by molar-refractivity contribution is 7.33. The Morgan fingerprint density at radius 3 is 1.40 bits per heavy atom. The molecule has 6 aromatic rings. The van der Waals surface area contributed by atoms with Gasteiger partial charge in [0, 0.05) is 30.5 Å². The fourth-order valence-corrected chi connectivity index (χ4v) is 6.94. The molecule has 304 valence electrons. The lowest BCUT2D eigenvalue weighted by Crippen LogP contribution is -2.16. The first kappa shape index (κ1) is 42.6. The fourth-order valence-electron chi connectivity index (χ4n) is 6.31. The average Bonchev–Trinajstić information content (AvgIpc) is 3.92. The Morgan fingerprint density at radius 1 is 0.534 bits per heavy atom. The van der Waals surface area contributed by atoms with Gasteiger partial charge in [0.05, 0.1) is 11.1 Å². The van der Waals surface area contributed by atoms with Crippen LogP contribution in [0.3, 0.4) is 0 Å². The maximum atomic E-state index is 14.9. The van der Waals surface area contributed by atoms with Crippen molar-refractivity contribution in [3.8, 4) is 22.8 Å². The van der Waals surface area contributed by atoms with Crippen LogP contribution in [0.15, 0.2) is 106 Å². The lowest BCUT2D eigenvalue weighted by atomic mass is 10.1. The minimum Gasteiger partial charge on any atom is -0.339 e. The predicted octanol–water partition coefficient (Wildman–Crippen LogP) is 9.55. The van der Waals surface area contributed by atoms with Crippen molar-refractivity contribution in [2.75, 3.05) is 26.3 Å². The van der Waals surface area contributed by atoms with Crippen LogP contribution in [0, 0.1) is 11.6 Å². The van der Waals surface area contributed by atoms with E-state index in [1.807, 2.05) is 48.5 Å². The minimum absolute atomic E-state index is 0.246. The van der Waals surface area contributed by atoms with Crippen molar-refractivity contribution < 1.29 is 31.4 Å². The fraction of sp³-hybridized carbons (Fsp3) is 0.364. The Bertz CT molecular complexity index is 1990. The Hall–Kier alpha value is -5.04. The van der Waals surface area contributed by atoms with E-state index in [-0.39, 0.29) is 24.9 Å². The van der Waals surface area contributed by atoms with E-state index in [2.05, 4.69) is 55.2 Å². The molecule has 2 heterocycles. The number of aryl methyl sites for hydroxylation is 4. The molecule has 0 bridgehead atoms. The van der Waals surface area contributed by atoms with Gasteiger partial charge in [-0.05, 0) is 111 Å². The summed E-state index contributed by atoms with van der Waals surface area (Å²) in [5.74, 6) is 0.673. The number of unbranched alkanes of at least 4 members (excludes halogenated alkanes) is 2. The van der Waals surface area contributed by atoms with Crippen molar-refractivity contribution in [2.45, 2.75) is 77.3 Å². The smallest absolute Gasteiger partial charge is 0.339 e. The largest absolute Gasteiger partial charge is 0.697 e. The molecule has 11 nitrogen and oxygen atoms in total. The maximum absolute atomic E-state index is 14.9. The van der Waals surface area contributed by atoms with Crippen molar-refractivity contribution >= 4 is 8.25 Å². The van der Waals surface area contributed by atoms with Gasteiger partial charge in [-0.25, -0.2) is 8.78 Å². The number of benzene rings is 4. The molecule has 0 atom stereocenters. The number of aromatic nitrogens is 4. The van der Waals surface area contributed by atoms with Gasteiger partial charge < -0.3 is 19.7 Å². The van der Waals surface area contributed by atoms with E-state index in [0.717, 1.165) is 49.7 Å². The molecule has 4 aromatic carbocycles. The number of rotatable bonds is 26. The van der Waals surface area contributed by atoms with Gasteiger partial charge in [-0.15, -0.1) is 9.05 Å². The first-order chi connectivity index (χ1) is 28.5. The summed E-state index contributed by atoms with van der Waals surface area (Å²) in [5.41, 5.74) is 4.74. The summed E-state index contributed by atoms with van der Waals surface area (Å²) in [4.78, 5) is 8.79. The molecule has 0 fully saturated rings. The minimum atomic E-state index is -2.24. The molecule has 0 radical (unpaired) electrons. The van der Waals surface area contributed by atoms with Crippen LogP contribution in [0.25, 0.3) is 22.8 Å². The van der Waals surface area contributed by atoms with Gasteiger partial charge in [-0.3, -0.25) is 0 Å². The zero-order valence-electron chi connectivity index (χ0n) is 32.6. The number of nitrogens with zero attached hydrogens (tertiary/aromatic N) is 4. The van der Waals surface area contributed by atoms with Crippen LogP contribution in [0.4, 0.5) is 8.78 Å². The molecule has 0 aliphatic carbocycles.